The summed E-state index contributed by atoms with van der Waals surface area (Å²) in [4.78, 5) is 12.7. The first-order valence-electron chi connectivity index (χ1n) is 9.47. The molecule has 0 aliphatic carbocycles. The first-order valence-corrected chi connectivity index (χ1v) is 9.47. The van der Waals surface area contributed by atoms with Gasteiger partial charge >= 0.3 is 5.97 Å². The summed E-state index contributed by atoms with van der Waals surface area (Å²) in [6, 6.07) is 6.18. The number of carbonyl (C=O) groups excluding carboxylic acids is 1. The van der Waals surface area contributed by atoms with Gasteiger partial charge in [0.2, 0.25) is 0 Å². The van der Waals surface area contributed by atoms with Crippen molar-refractivity contribution in [3.8, 4) is 51.7 Å². The highest BCUT2D eigenvalue weighted by Gasteiger charge is 2.37. The maximum absolute atomic E-state index is 12.7. The van der Waals surface area contributed by atoms with Gasteiger partial charge in [-0.05, 0) is 24.3 Å². The maximum atomic E-state index is 12.7. The predicted molar refractivity (Wildman–Crippen MR) is 126 cm³/mol. The second-order valence-corrected chi connectivity index (χ2v) is 7.40. The molecule has 0 bridgehead atoms. The summed E-state index contributed by atoms with van der Waals surface area (Å²) in [5.74, 6) is -6.06. The molecule has 11 nitrogen and oxygen atoms in total. The second-order valence-electron chi connectivity index (χ2n) is 7.40. The molecular weight excluding hydrogens is 440 g/mol. The molecule has 4 rings (SSSR count). The van der Waals surface area contributed by atoms with Crippen molar-refractivity contribution in [2.24, 2.45) is 0 Å². The van der Waals surface area contributed by atoms with Crippen LogP contribution < -0.4 is 4.74 Å². The molecule has 3 aromatic carbocycles. The van der Waals surface area contributed by atoms with E-state index in [9.17, 15) is 45.6 Å². The van der Waals surface area contributed by atoms with E-state index in [1.807, 2.05) is 0 Å². The molecule has 0 saturated carbocycles. The van der Waals surface area contributed by atoms with E-state index in [1.165, 1.54) is 6.07 Å². The van der Waals surface area contributed by atoms with E-state index in [0.717, 1.165) is 30.3 Å². The standard InChI is InChI=1S/C22H18O11.8H2/c23-10-5-12(24)11-7-18(33-22(31)9-3-15(27)20(30)16(28)4-9)21(32-17(11)6-10)8-1-13(25)19(29)14(26)2-8;;;;;;;;/h1-6,18,21,23-30H,7H2;8*1H/t18-,21-;;;;;;;;/m1......../s1. The largest absolute Gasteiger partial charge is 0.508 e. The summed E-state index contributed by atoms with van der Waals surface area (Å²) in [5, 5.41) is 78.2. The summed E-state index contributed by atoms with van der Waals surface area (Å²) in [7, 11) is 0. The van der Waals surface area contributed by atoms with Crippen LogP contribution in [-0.4, -0.2) is 52.9 Å². The number of aromatic hydroxyl groups is 8. The molecule has 8 N–H and O–H groups in total. The average Bonchev–Trinajstić information content (AvgIpc) is 2.75. The number of phenols is 8. The lowest BCUT2D eigenvalue weighted by Crippen LogP contribution is -2.34. The van der Waals surface area contributed by atoms with E-state index in [1.54, 1.807) is 0 Å². The minimum absolute atomic E-state index is 0. The van der Waals surface area contributed by atoms with E-state index in [4.69, 9.17) is 9.47 Å². The Morgan fingerprint density at radius 2 is 1.33 bits per heavy atom. The molecular formula is C22H34O11. The zero-order valence-corrected chi connectivity index (χ0v) is 16.6. The third-order valence-corrected chi connectivity index (χ3v) is 5.15. The molecule has 1 aliphatic heterocycles. The number of rotatable bonds is 3. The minimum atomic E-state index is -1.18. The maximum Gasteiger partial charge on any atom is 0.338 e. The SMILES string of the molecule is O=C(O[C@@H]1Cc2c(O)cc(O)cc2O[C@@H]1c1cc(O)c(O)c(O)c1)c1cc(O)c(O)c(O)c1.[HH].[HH].[HH].[HH].[HH].[HH].[HH].[HH]. The highest BCUT2D eigenvalue weighted by molar-refractivity contribution is 5.91. The van der Waals surface area contributed by atoms with Gasteiger partial charge in [0, 0.05) is 41.1 Å². The lowest BCUT2D eigenvalue weighted by atomic mass is 9.93. The Kier molecular flexibility index (Phi) is 5.09. The van der Waals surface area contributed by atoms with Crippen molar-refractivity contribution in [1.29, 1.82) is 0 Å². The Labute approximate surface area is 197 Å². The Hall–Kier alpha value is -4.67. The first kappa shape index (κ1) is 21.6. The summed E-state index contributed by atoms with van der Waals surface area (Å²) >= 11 is 0. The van der Waals surface area contributed by atoms with E-state index in [0.29, 0.717) is 0 Å². The molecule has 0 fully saturated rings. The van der Waals surface area contributed by atoms with Gasteiger partial charge < -0.3 is 50.3 Å². The minimum Gasteiger partial charge on any atom is -0.508 e. The van der Waals surface area contributed by atoms with Gasteiger partial charge in [0.25, 0.3) is 0 Å². The van der Waals surface area contributed by atoms with Gasteiger partial charge in [-0.2, -0.15) is 0 Å². The van der Waals surface area contributed by atoms with Crippen LogP contribution in [-0.2, 0) is 11.2 Å². The second kappa shape index (κ2) is 7.79. The molecule has 1 aliphatic rings. The van der Waals surface area contributed by atoms with Crippen molar-refractivity contribution in [3.63, 3.8) is 0 Å². The third-order valence-electron chi connectivity index (χ3n) is 5.15. The fraction of sp³-hybridized carbons (Fsp3) is 0.136. The van der Waals surface area contributed by atoms with Gasteiger partial charge in [0.1, 0.15) is 23.4 Å². The number of carbonyl (C=O) groups is 1. The Morgan fingerprint density at radius 1 is 0.788 bits per heavy atom. The zero-order valence-electron chi connectivity index (χ0n) is 16.6. The number of benzene rings is 3. The molecule has 0 aromatic heterocycles. The van der Waals surface area contributed by atoms with Gasteiger partial charge in [-0.15, -0.1) is 0 Å². The Balaban J connectivity index is -0.000000540. The molecule has 2 atom stereocenters. The van der Waals surface area contributed by atoms with E-state index in [2.05, 4.69) is 0 Å². The number of hydrogen-bond acceptors (Lipinski definition) is 11. The number of fused-ring (bicyclic) bond motifs is 1. The van der Waals surface area contributed by atoms with Gasteiger partial charge in [-0.1, -0.05) is 0 Å². The van der Waals surface area contributed by atoms with Gasteiger partial charge in [0.05, 0.1) is 5.56 Å². The van der Waals surface area contributed by atoms with Crippen molar-refractivity contribution < 1.29 is 66.5 Å². The van der Waals surface area contributed by atoms with Crippen LogP contribution in [0.1, 0.15) is 39.0 Å². The molecule has 0 saturated heterocycles. The van der Waals surface area contributed by atoms with Gasteiger partial charge in [0.15, 0.2) is 40.6 Å². The number of esters is 1. The Bertz CT molecular complexity index is 1250. The highest BCUT2D eigenvalue weighted by Crippen LogP contribution is 2.46. The quantitative estimate of drug-likeness (QED) is 0.200. The zero-order chi connectivity index (χ0) is 24.0. The van der Waals surface area contributed by atoms with Gasteiger partial charge in [-0.3, -0.25) is 0 Å². The molecule has 0 spiro atoms. The molecule has 33 heavy (non-hydrogen) atoms. The topological polar surface area (TPSA) is 197 Å². The molecule has 3 aromatic rings. The van der Waals surface area contributed by atoms with Crippen molar-refractivity contribution >= 4 is 5.97 Å². The van der Waals surface area contributed by atoms with Crippen molar-refractivity contribution in [3.05, 3.63) is 53.1 Å². The molecule has 11 heteroatoms. The van der Waals surface area contributed by atoms with Crippen LogP contribution in [0.25, 0.3) is 0 Å². The highest BCUT2D eigenvalue weighted by atomic mass is 16.6. The van der Waals surface area contributed by atoms with Crippen molar-refractivity contribution in [2.45, 2.75) is 18.6 Å². The lowest BCUT2D eigenvalue weighted by Gasteiger charge is -2.34. The fourth-order valence-electron chi connectivity index (χ4n) is 3.55. The van der Waals surface area contributed by atoms with E-state index in [-0.39, 0.29) is 51.8 Å². The molecule has 1 heterocycles. The predicted octanol–water partition coefficient (Wildman–Crippen LogP) is 4.20. The molecule has 0 radical (unpaired) electrons. The monoisotopic (exact) mass is 474 g/mol. The molecule has 0 amide bonds. The Morgan fingerprint density at radius 3 is 1.91 bits per heavy atom. The van der Waals surface area contributed by atoms with Crippen molar-refractivity contribution in [1.82, 2.24) is 0 Å². The van der Waals surface area contributed by atoms with Crippen LogP contribution in [0, 0.1) is 0 Å². The summed E-state index contributed by atoms with van der Waals surface area (Å²) < 4.78 is 11.3. The van der Waals surface area contributed by atoms with E-state index < -0.39 is 52.7 Å². The van der Waals surface area contributed by atoms with Crippen LogP contribution in [0.3, 0.4) is 0 Å². The normalized spacial score (nSPS) is 17.1. The van der Waals surface area contributed by atoms with Crippen LogP contribution >= 0.6 is 0 Å². The van der Waals surface area contributed by atoms with Crippen molar-refractivity contribution in [2.75, 3.05) is 0 Å². The molecule has 0 unspecified atom stereocenters. The van der Waals surface area contributed by atoms with E-state index >= 15 is 0 Å². The fourth-order valence-corrected chi connectivity index (χ4v) is 3.55. The molecule has 188 valence electrons. The number of ether oxygens (including phenoxy) is 2. The summed E-state index contributed by atoms with van der Waals surface area (Å²) in [6.45, 7) is 0. The van der Waals surface area contributed by atoms with Crippen LogP contribution in [0.5, 0.6) is 51.7 Å². The lowest BCUT2D eigenvalue weighted by molar-refractivity contribution is -0.0189. The first-order chi connectivity index (χ1) is 15.5. The smallest absolute Gasteiger partial charge is 0.338 e. The number of phenolic OH excluding ortho intramolecular Hbond substituents is 8. The van der Waals surface area contributed by atoms with Crippen LogP contribution in [0.2, 0.25) is 0 Å². The summed E-state index contributed by atoms with van der Waals surface area (Å²) in [5.41, 5.74) is -0.0189. The van der Waals surface area contributed by atoms with Crippen LogP contribution in [0.4, 0.5) is 0 Å². The number of hydrogen-bond donors (Lipinski definition) is 8. The summed E-state index contributed by atoms with van der Waals surface area (Å²) in [6.07, 6.45) is -2.49. The average molecular weight is 475 g/mol. The van der Waals surface area contributed by atoms with Crippen LogP contribution in [0.15, 0.2) is 36.4 Å². The van der Waals surface area contributed by atoms with Gasteiger partial charge in [-0.25, -0.2) is 4.79 Å². The third kappa shape index (κ3) is 3.87.